The van der Waals surface area contributed by atoms with Crippen LogP contribution < -0.4 is 4.57 Å². The van der Waals surface area contributed by atoms with Crippen LogP contribution in [0.25, 0.3) is 0 Å². The van der Waals surface area contributed by atoms with Crippen molar-refractivity contribution in [1.29, 1.82) is 0 Å². The summed E-state index contributed by atoms with van der Waals surface area (Å²) in [6, 6.07) is 6.08. The first-order valence-electron chi connectivity index (χ1n) is 3.57. The monoisotopic (exact) mass is 206 g/mol. The number of pyridine rings is 1. The molecule has 0 aliphatic carbocycles. The molecule has 13 heavy (non-hydrogen) atoms. The second-order valence-electron chi connectivity index (χ2n) is 2.15. The van der Waals surface area contributed by atoms with Gasteiger partial charge in [0.25, 0.3) is 0 Å². The summed E-state index contributed by atoms with van der Waals surface area (Å²) in [5, 5.41) is 0. The highest BCUT2D eigenvalue weighted by molar-refractivity contribution is 7.79. The van der Waals surface area contributed by atoms with Crippen LogP contribution in [0.15, 0.2) is 30.6 Å². The maximum Gasteiger partial charge on any atom is 0.394 e. The summed E-state index contributed by atoms with van der Waals surface area (Å²) in [5.74, 6) is 0. The van der Waals surface area contributed by atoms with Gasteiger partial charge in [0.05, 0.1) is 0 Å². The van der Waals surface area contributed by atoms with Crippen LogP contribution in [-0.4, -0.2) is 17.5 Å². The van der Waals surface area contributed by atoms with Gasteiger partial charge < -0.3 is 0 Å². The van der Waals surface area contributed by atoms with Gasteiger partial charge >= 0.3 is 10.4 Å². The van der Waals surface area contributed by atoms with E-state index in [1.807, 2.05) is 18.2 Å². The average Bonchev–Trinajstić information content (AvgIpc) is 2.03. The van der Waals surface area contributed by atoms with E-state index in [0.717, 1.165) is 6.54 Å². The largest absolute Gasteiger partial charge is 0.394 e. The van der Waals surface area contributed by atoms with Crippen molar-refractivity contribution in [2.45, 2.75) is 13.5 Å². The van der Waals surface area contributed by atoms with E-state index in [-0.39, 0.29) is 0 Å². The Kier molecular flexibility index (Phi) is 5.20. The molecule has 0 atom stereocenters. The second-order valence-corrected chi connectivity index (χ2v) is 3.05. The summed E-state index contributed by atoms with van der Waals surface area (Å²) in [6.07, 6.45) is 4.11. The van der Waals surface area contributed by atoms with Gasteiger partial charge in [-0.05, 0) is 6.92 Å². The normalized spacial score (nSPS) is 10.1. The maximum absolute atomic E-state index is 8.74. The Labute approximate surface area is 77.2 Å². The molecule has 1 aromatic heterocycles. The van der Waals surface area contributed by atoms with Crippen molar-refractivity contribution in [3.8, 4) is 0 Å². The molecule has 0 amide bonds. The predicted molar refractivity (Wildman–Crippen MR) is 46.5 cm³/mol. The zero-order valence-electron chi connectivity index (χ0n) is 7.16. The van der Waals surface area contributed by atoms with E-state index >= 15 is 0 Å². The smallest absolute Gasteiger partial charge is 0.264 e. The molecule has 0 bridgehead atoms. The van der Waals surface area contributed by atoms with E-state index in [9.17, 15) is 0 Å². The van der Waals surface area contributed by atoms with E-state index in [0.29, 0.717) is 0 Å². The summed E-state index contributed by atoms with van der Waals surface area (Å²) < 4.78 is 33.7. The Bertz CT molecular complexity index is 314. The molecule has 0 spiro atoms. The molecule has 0 unspecified atom stereocenters. The molecule has 74 valence electrons. The highest BCUT2D eigenvalue weighted by atomic mass is 32.3. The van der Waals surface area contributed by atoms with Crippen molar-refractivity contribution in [2.24, 2.45) is 0 Å². The molecule has 5 nitrogen and oxygen atoms in total. The molecular weight excluding hydrogens is 194 g/mol. The molecule has 0 saturated carbocycles. The van der Waals surface area contributed by atoms with Gasteiger partial charge in [0.15, 0.2) is 12.4 Å². The van der Waals surface area contributed by atoms with Crippen molar-refractivity contribution in [3.63, 3.8) is 0 Å². The third-order valence-electron chi connectivity index (χ3n) is 1.14. The van der Waals surface area contributed by atoms with E-state index in [4.69, 9.17) is 17.5 Å². The summed E-state index contributed by atoms with van der Waals surface area (Å²) in [7, 11) is -4.67. The van der Waals surface area contributed by atoms with Gasteiger partial charge in [-0.1, -0.05) is 6.07 Å². The molecule has 2 N–H and O–H groups in total. The van der Waals surface area contributed by atoms with Crippen molar-refractivity contribution in [2.75, 3.05) is 0 Å². The fourth-order valence-electron chi connectivity index (χ4n) is 0.645. The number of aryl methyl sites for hydroxylation is 1. The SMILES string of the molecule is CC[n+]1ccccc1.O=S(=O)(O)O. The van der Waals surface area contributed by atoms with Gasteiger partial charge in [0.1, 0.15) is 6.54 Å². The Morgan fingerprint density at radius 1 is 1.15 bits per heavy atom. The minimum Gasteiger partial charge on any atom is -0.264 e. The van der Waals surface area contributed by atoms with Gasteiger partial charge in [-0.15, -0.1) is 0 Å². The topological polar surface area (TPSA) is 78.5 Å². The lowest BCUT2D eigenvalue weighted by Crippen LogP contribution is -2.30. The number of aromatic nitrogens is 1. The Balaban J connectivity index is 0.000000252. The molecule has 0 fully saturated rings. The molecule has 0 aliphatic rings. The Morgan fingerprint density at radius 3 is 1.77 bits per heavy atom. The third-order valence-corrected chi connectivity index (χ3v) is 1.14. The quantitative estimate of drug-likeness (QED) is 0.513. The number of hydrogen-bond acceptors (Lipinski definition) is 2. The van der Waals surface area contributed by atoms with Gasteiger partial charge in [0.2, 0.25) is 0 Å². The zero-order valence-corrected chi connectivity index (χ0v) is 7.98. The van der Waals surface area contributed by atoms with Crippen LogP contribution in [0.2, 0.25) is 0 Å². The standard InChI is InChI=1S/C7H10N.H2O4S/c1-2-8-6-4-3-5-7-8;1-5(2,3)4/h3-7H,2H2,1H3;(H2,1,2,3,4)/q+1;. The lowest BCUT2D eigenvalue weighted by atomic mass is 10.5. The first-order valence-corrected chi connectivity index (χ1v) is 4.97. The van der Waals surface area contributed by atoms with Crippen molar-refractivity contribution in [3.05, 3.63) is 30.6 Å². The average molecular weight is 206 g/mol. The van der Waals surface area contributed by atoms with E-state index in [1.165, 1.54) is 0 Å². The lowest BCUT2D eigenvalue weighted by Gasteiger charge is -1.84. The Morgan fingerprint density at radius 2 is 1.54 bits per heavy atom. The van der Waals surface area contributed by atoms with Gasteiger partial charge in [-0.2, -0.15) is 8.42 Å². The number of hydrogen-bond donors (Lipinski definition) is 2. The highest BCUT2D eigenvalue weighted by Gasteiger charge is 1.86. The van der Waals surface area contributed by atoms with Crippen molar-refractivity contribution < 1.29 is 22.1 Å². The summed E-state index contributed by atoms with van der Waals surface area (Å²) >= 11 is 0. The first-order chi connectivity index (χ1) is 5.93. The first kappa shape index (κ1) is 12.0. The van der Waals surface area contributed by atoms with Crippen LogP contribution in [-0.2, 0) is 16.9 Å². The fraction of sp³-hybridized carbons (Fsp3) is 0.286. The lowest BCUT2D eigenvalue weighted by molar-refractivity contribution is -0.693. The van der Waals surface area contributed by atoms with E-state index in [1.54, 1.807) is 0 Å². The molecule has 0 aliphatic heterocycles. The van der Waals surface area contributed by atoms with Crippen LogP contribution in [0.5, 0.6) is 0 Å². The van der Waals surface area contributed by atoms with Crippen LogP contribution in [0, 0.1) is 0 Å². The molecule has 0 saturated heterocycles. The predicted octanol–water partition coefficient (Wildman–Crippen LogP) is 0.341. The van der Waals surface area contributed by atoms with E-state index in [2.05, 4.69) is 23.9 Å². The molecular formula is C7H12NO4S+. The molecule has 0 aromatic carbocycles. The van der Waals surface area contributed by atoms with Crippen LogP contribution in [0.4, 0.5) is 0 Å². The molecule has 0 radical (unpaired) electrons. The fourth-order valence-corrected chi connectivity index (χ4v) is 0.645. The van der Waals surface area contributed by atoms with Crippen LogP contribution in [0.1, 0.15) is 6.92 Å². The highest BCUT2D eigenvalue weighted by Crippen LogP contribution is 1.74. The van der Waals surface area contributed by atoms with Crippen LogP contribution >= 0.6 is 0 Å². The minimum absolute atomic E-state index is 1.06. The van der Waals surface area contributed by atoms with Gasteiger partial charge in [0, 0.05) is 12.1 Å². The van der Waals surface area contributed by atoms with Crippen molar-refractivity contribution >= 4 is 10.4 Å². The summed E-state index contributed by atoms with van der Waals surface area (Å²) in [6.45, 7) is 3.18. The number of nitrogens with zero attached hydrogens (tertiary/aromatic N) is 1. The second kappa shape index (κ2) is 5.63. The third kappa shape index (κ3) is 11.0. The Hall–Kier alpha value is -0.980. The van der Waals surface area contributed by atoms with Crippen LogP contribution in [0.3, 0.4) is 0 Å². The molecule has 1 heterocycles. The molecule has 1 aromatic rings. The van der Waals surface area contributed by atoms with Crippen molar-refractivity contribution in [1.82, 2.24) is 0 Å². The van der Waals surface area contributed by atoms with E-state index < -0.39 is 10.4 Å². The number of rotatable bonds is 1. The molecule has 6 heteroatoms. The molecule has 1 rings (SSSR count). The van der Waals surface area contributed by atoms with Gasteiger partial charge in [-0.3, -0.25) is 9.11 Å². The minimum atomic E-state index is -4.67. The summed E-state index contributed by atoms with van der Waals surface area (Å²) in [5.41, 5.74) is 0. The maximum atomic E-state index is 8.74. The van der Waals surface area contributed by atoms with Gasteiger partial charge in [-0.25, -0.2) is 4.57 Å². The zero-order chi connectivity index (χ0) is 10.3. The summed E-state index contributed by atoms with van der Waals surface area (Å²) in [4.78, 5) is 0.